The molecule has 0 aliphatic heterocycles. The highest BCUT2D eigenvalue weighted by molar-refractivity contribution is 7.13. The van der Waals surface area contributed by atoms with E-state index in [1.807, 2.05) is 19.1 Å². The number of aliphatic hydroxyl groups is 1. The molecule has 1 heterocycles. The number of thiazole rings is 1. The van der Waals surface area contributed by atoms with Crippen LogP contribution in [0.3, 0.4) is 0 Å². The minimum Gasteiger partial charge on any atom is -0.389 e. The van der Waals surface area contributed by atoms with Crippen LogP contribution < -0.4 is 0 Å². The number of carbonyl (C=O) groups excluding carboxylic acids is 1. The van der Waals surface area contributed by atoms with E-state index in [1.165, 1.54) is 21.8 Å². The van der Waals surface area contributed by atoms with E-state index >= 15 is 0 Å². The summed E-state index contributed by atoms with van der Waals surface area (Å²) in [6, 6.07) is 6.20. The maximum atomic E-state index is 12.4. The maximum absolute atomic E-state index is 12.4. The van der Waals surface area contributed by atoms with Crippen LogP contribution in [-0.2, 0) is 0 Å². The van der Waals surface area contributed by atoms with Crippen LogP contribution >= 0.6 is 11.3 Å². The molecule has 0 aliphatic carbocycles. The van der Waals surface area contributed by atoms with E-state index in [-0.39, 0.29) is 12.5 Å². The zero-order chi connectivity index (χ0) is 16.5. The smallest absolute Gasteiger partial charge is 0.273 e. The fraction of sp³-hybridized carbons (Fsp3) is 0.412. The lowest BCUT2D eigenvalue weighted by Crippen LogP contribution is -2.39. The average molecular weight is 318 g/mol. The summed E-state index contributed by atoms with van der Waals surface area (Å²) in [4.78, 5) is 18.3. The predicted octanol–water partition coefficient (Wildman–Crippen LogP) is 3.27. The van der Waals surface area contributed by atoms with E-state index in [9.17, 15) is 9.90 Å². The van der Waals surface area contributed by atoms with Crippen molar-refractivity contribution >= 4 is 17.2 Å². The van der Waals surface area contributed by atoms with Gasteiger partial charge in [0.15, 0.2) is 0 Å². The molecule has 0 spiro atoms. The number of nitrogens with zero attached hydrogens (tertiary/aromatic N) is 2. The lowest BCUT2D eigenvalue weighted by molar-refractivity contribution is 0.0365. The van der Waals surface area contributed by atoms with Gasteiger partial charge in [-0.25, -0.2) is 4.98 Å². The van der Waals surface area contributed by atoms with E-state index in [0.717, 1.165) is 16.1 Å². The fourth-order valence-electron chi connectivity index (χ4n) is 2.40. The average Bonchev–Trinajstić information content (AvgIpc) is 2.85. The van der Waals surface area contributed by atoms with Gasteiger partial charge in [-0.3, -0.25) is 4.79 Å². The van der Waals surface area contributed by atoms with Crippen LogP contribution in [0.15, 0.2) is 23.6 Å². The highest BCUT2D eigenvalue weighted by Gasteiger charge is 2.22. The van der Waals surface area contributed by atoms with Gasteiger partial charge in [0, 0.05) is 24.5 Å². The van der Waals surface area contributed by atoms with Crippen LogP contribution in [-0.4, -0.2) is 40.1 Å². The molecule has 22 heavy (non-hydrogen) atoms. The van der Waals surface area contributed by atoms with E-state index in [4.69, 9.17) is 0 Å². The summed E-state index contributed by atoms with van der Waals surface area (Å²) in [5.41, 5.74) is 2.92. The Kier molecular flexibility index (Phi) is 4.68. The number of benzene rings is 1. The summed E-state index contributed by atoms with van der Waals surface area (Å²) in [7, 11) is 1.68. The first-order valence-corrected chi connectivity index (χ1v) is 8.06. The minimum absolute atomic E-state index is 0.172. The first-order chi connectivity index (χ1) is 10.2. The topological polar surface area (TPSA) is 53.4 Å². The second-order valence-corrected chi connectivity index (χ2v) is 7.19. The van der Waals surface area contributed by atoms with Crippen molar-refractivity contribution in [2.45, 2.75) is 33.3 Å². The third-order valence-corrected chi connectivity index (χ3v) is 4.18. The van der Waals surface area contributed by atoms with E-state index < -0.39 is 5.60 Å². The van der Waals surface area contributed by atoms with Crippen molar-refractivity contribution in [1.29, 1.82) is 0 Å². The molecule has 0 saturated carbocycles. The second kappa shape index (κ2) is 6.18. The number of aromatic nitrogens is 1. The molecule has 1 amide bonds. The number of aryl methyl sites for hydroxylation is 2. The first kappa shape index (κ1) is 16.6. The number of hydrogen-bond donors (Lipinski definition) is 1. The molecule has 2 aromatic rings. The molecule has 1 aromatic heterocycles. The third kappa shape index (κ3) is 3.93. The van der Waals surface area contributed by atoms with E-state index in [2.05, 4.69) is 18.0 Å². The number of likely N-dealkylation sites (N-methyl/N-ethyl adjacent to an activating group) is 1. The molecular weight excluding hydrogens is 296 g/mol. The van der Waals surface area contributed by atoms with Gasteiger partial charge < -0.3 is 10.0 Å². The fourth-order valence-corrected chi connectivity index (χ4v) is 3.28. The van der Waals surface area contributed by atoms with Crippen LogP contribution in [0.1, 0.15) is 35.5 Å². The van der Waals surface area contributed by atoms with Gasteiger partial charge in [0.1, 0.15) is 10.7 Å². The SMILES string of the molecule is Cc1ccc(-c2nc(C(=O)N(C)CC(C)(C)O)cs2)c(C)c1. The molecule has 0 bridgehead atoms. The monoisotopic (exact) mass is 318 g/mol. The Hall–Kier alpha value is -1.72. The van der Waals surface area contributed by atoms with Crippen molar-refractivity contribution in [2.24, 2.45) is 0 Å². The summed E-state index contributed by atoms with van der Waals surface area (Å²) in [5, 5.41) is 12.4. The van der Waals surface area contributed by atoms with Crippen molar-refractivity contribution < 1.29 is 9.90 Å². The minimum atomic E-state index is -0.920. The van der Waals surface area contributed by atoms with Crippen LogP contribution in [0.2, 0.25) is 0 Å². The van der Waals surface area contributed by atoms with Gasteiger partial charge in [-0.15, -0.1) is 11.3 Å². The number of carbonyl (C=O) groups is 1. The van der Waals surface area contributed by atoms with Gasteiger partial charge in [0.25, 0.3) is 5.91 Å². The lowest BCUT2D eigenvalue weighted by Gasteiger charge is -2.24. The zero-order valence-electron chi connectivity index (χ0n) is 13.7. The van der Waals surface area contributed by atoms with Gasteiger partial charge in [-0.2, -0.15) is 0 Å². The molecule has 0 saturated heterocycles. The van der Waals surface area contributed by atoms with Gasteiger partial charge in [0.2, 0.25) is 0 Å². The lowest BCUT2D eigenvalue weighted by atomic mass is 10.1. The van der Waals surface area contributed by atoms with Gasteiger partial charge in [0.05, 0.1) is 5.60 Å². The number of amides is 1. The second-order valence-electron chi connectivity index (χ2n) is 6.33. The first-order valence-electron chi connectivity index (χ1n) is 7.18. The molecule has 0 radical (unpaired) electrons. The van der Waals surface area contributed by atoms with E-state index in [1.54, 1.807) is 26.3 Å². The zero-order valence-corrected chi connectivity index (χ0v) is 14.5. The third-order valence-electron chi connectivity index (χ3n) is 3.31. The molecule has 5 heteroatoms. The molecule has 2 rings (SSSR count). The quantitative estimate of drug-likeness (QED) is 0.941. The van der Waals surface area contributed by atoms with Crippen LogP contribution in [0, 0.1) is 13.8 Å². The Morgan fingerprint density at radius 1 is 1.36 bits per heavy atom. The van der Waals surface area contributed by atoms with Crippen molar-refractivity contribution in [1.82, 2.24) is 9.88 Å². The summed E-state index contributed by atoms with van der Waals surface area (Å²) in [6.45, 7) is 7.73. The summed E-state index contributed by atoms with van der Waals surface area (Å²) < 4.78 is 0. The standard InChI is InChI=1S/C17H22N2O2S/c1-11-6-7-13(12(2)8-11)15-18-14(9-22-15)16(20)19(5)10-17(3,4)21/h6-9,21H,10H2,1-5H3. The Balaban J connectivity index is 2.22. The molecular formula is C17H22N2O2S. The highest BCUT2D eigenvalue weighted by Crippen LogP contribution is 2.27. The normalized spacial score (nSPS) is 11.5. The highest BCUT2D eigenvalue weighted by atomic mass is 32.1. The van der Waals surface area contributed by atoms with Gasteiger partial charge >= 0.3 is 0 Å². The van der Waals surface area contributed by atoms with Crippen LogP contribution in [0.4, 0.5) is 0 Å². The molecule has 1 N–H and O–H groups in total. The van der Waals surface area contributed by atoms with Crippen molar-refractivity contribution in [3.8, 4) is 10.6 Å². The Labute approximate surface area is 135 Å². The molecule has 4 nitrogen and oxygen atoms in total. The van der Waals surface area contributed by atoms with Crippen molar-refractivity contribution in [3.63, 3.8) is 0 Å². The molecule has 118 valence electrons. The molecule has 1 aromatic carbocycles. The molecule has 0 atom stereocenters. The van der Waals surface area contributed by atoms with Crippen LogP contribution in [0.5, 0.6) is 0 Å². The van der Waals surface area contributed by atoms with Gasteiger partial charge in [-0.05, 0) is 33.3 Å². The summed E-state index contributed by atoms with van der Waals surface area (Å²) in [5.74, 6) is -0.172. The largest absolute Gasteiger partial charge is 0.389 e. The Bertz CT molecular complexity index is 686. The Morgan fingerprint density at radius 2 is 2.05 bits per heavy atom. The number of rotatable bonds is 4. The maximum Gasteiger partial charge on any atom is 0.273 e. The summed E-state index contributed by atoms with van der Waals surface area (Å²) >= 11 is 1.47. The van der Waals surface area contributed by atoms with Crippen molar-refractivity contribution in [3.05, 3.63) is 40.4 Å². The Morgan fingerprint density at radius 3 is 2.64 bits per heavy atom. The molecule has 0 fully saturated rings. The molecule has 0 unspecified atom stereocenters. The summed E-state index contributed by atoms with van der Waals surface area (Å²) in [6.07, 6.45) is 0. The van der Waals surface area contributed by atoms with Crippen molar-refractivity contribution in [2.75, 3.05) is 13.6 Å². The van der Waals surface area contributed by atoms with Gasteiger partial charge in [-0.1, -0.05) is 23.8 Å². The molecule has 0 aliphatic rings. The number of hydrogen-bond acceptors (Lipinski definition) is 4. The van der Waals surface area contributed by atoms with E-state index in [0.29, 0.717) is 5.69 Å². The predicted molar refractivity (Wildman–Crippen MR) is 90.3 cm³/mol. The van der Waals surface area contributed by atoms with Crippen LogP contribution in [0.25, 0.3) is 10.6 Å².